The van der Waals surface area contributed by atoms with Crippen LogP contribution in [0.1, 0.15) is 56.6 Å². The summed E-state index contributed by atoms with van der Waals surface area (Å²) >= 11 is 0. The number of amides is 3. The first-order valence-corrected chi connectivity index (χ1v) is 13.1. The fourth-order valence-electron chi connectivity index (χ4n) is 5.06. The summed E-state index contributed by atoms with van der Waals surface area (Å²) in [5, 5.41) is 3.90. The predicted octanol–water partition coefficient (Wildman–Crippen LogP) is 3.84. The molecule has 1 aromatic rings. The van der Waals surface area contributed by atoms with E-state index in [4.69, 9.17) is 15.3 Å². The molecule has 3 atom stereocenters. The molecule has 1 aromatic carbocycles. The number of urea groups is 1. The van der Waals surface area contributed by atoms with E-state index in [-0.39, 0.29) is 30.9 Å². The maximum Gasteiger partial charge on any atom is 0.406 e. The molecule has 2 heterocycles. The van der Waals surface area contributed by atoms with Gasteiger partial charge in [-0.1, -0.05) is 18.6 Å². The molecule has 2 saturated heterocycles. The van der Waals surface area contributed by atoms with Crippen molar-refractivity contribution in [3.05, 3.63) is 35.6 Å². The van der Waals surface area contributed by atoms with Crippen LogP contribution in [0.3, 0.4) is 0 Å². The van der Waals surface area contributed by atoms with Crippen LogP contribution in [-0.2, 0) is 14.2 Å². The average molecular weight is 509 g/mol. The molecule has 3 N–H and O–H groups in total. The first-order valence-electron chi connectivity index (χ1n) is 13.1. The largest absolute Gasteiger partial charge is 0.453 e. The molecule has 9 nitrogen and oxygen atoms in total. The summed E-state index contributed by atoms with van der Waals surface area (Å²) in [5.41, 5.74) is 0.711. The average Bonchev–Trinajstić information content (AvgIpc) is 3.17. The molecule has 10 heteroatoms. The molecular weight excluding hydrogens is 467 g/mol. The number of alkyl carbamates (subject to hydrolysis) is 1. The van der Waals surface area contributed by atoms with E-state index in [1.165, 1.54) is 37.1 Å². The Morgan fingerprint density at radius 3 is 2.97 bits per heavy atom. The van der Waals surface area contributed by atoms with Gasteiger partial charge in [-0.05, 0) is 62.1 Å². The maximum atomic E-state index is 14.0. The Hall–Kier alpha value is -2.43. The van der Waals surface area contributed by atoms with Gasteiger partial charge in [0.15, 0.2) is 0 Å². The summed E-state index contributed by atoms with van der Waals surface area (Å²) in [6.45, 7) is 3.72. The van der Waals surface area contributed by atoms with Crippen molar-refractivity contribution in [2.24, 2.45) is 17.7 Å². The summed E-state index contributed by atoms with van der Waals surface area (Å²) in [6, 6.07) is 6.15. The van der Waals surface area contributed by atoms with Crippen molar-refractivity contribution in [2.75, 3.05) is 53.1 Å². The minimum absolute atomic E-state index is 0.0286. The Morgan fingerprint density at radius 1 is 1.31 bits per heavy atom. The van der Waals surface area contributed by atoms with Gasteiger partial charge in [-0.15, -0.1) is 0 Å². The summed E-state index contributed by atoms with van der Waals surface area (Å²) in [5.74, 6) is 6.33. The summed E-state index contributed by atoms with van der Waals surface area (Å²) in [4.78, 5) is 26.2. The molecule has 202 valence electrons. The zero-order chi connectivity index (χ0) is 25.8. The molecule has 0 saturated carbocycles. The summed E-state index contributed by atoms with van der Waals surface area (Å²) in [6.07, 6.45) is 6.01. The zero-order valence-electron chi connectivity index (χ0n) is 21.3. The van der Waals surface area contributed by atoms with E-state index in [1.807, 2.05) is 6.07 Å². The number of carbonyl (C=O) groups is 2. The highest BCUT2D eigenvalue weighted by Gasteiger charge is 2.32. The topological polar surface area (TPSA) is 106 Å². The van der Waals surface area contributed by atoms with Crippen molar-refractivity contribution in [3.8, 4) is 0 Å². The van der Waals surface area contributed by atoms with Gasteiger partial charge in [0.2, 0.25) is 0 Å². The molecule has 3 amide bonds. The third kappa shape index (κ3) is 8.90. The van der Waals surface area contributed by atoms with Crippen LogP contribution in [0, 0.1) is 17.7 Å². The molecule has 0 bridgehead atoms. The fraction of sp³-hybridized carbons (Fsp3) is 0.692. The number of methoxy groups -OCH3 is 1. The van der Waals surface area contributed by atoms with Gasteiger partial charge in [0, 0.05) is 45.3 Å². The lowest BCUT2D eigenvalue weighted by molar-refractivity contribution is -0.0108. The number of likely N-dealkylation sites (tertiary alicyclic amines) is 1. The number of hydrogen-bond acceptors (Lipinski definition) is 6. The highest BCUT2D eigenvalue weighted by molar-refractivity contribution is 5.73. The number of rotatable bonds is 10. The predicted molar refractivity (Wildman–Crippen MR) is 133 cm³/mol. The van der Waals surface area contributed by atoms with E-state index in [9.17, 15) is 14.0 Å². The molecule has 2 unspecified atom stereocenters. The Balaban J connectivity index is 1.55. The van der Waals surface area contributed by atoms with Crippen molar-refractivity contribution < 1.29 is 28.2 Å². The maximum absolute atomic E-state index is 14.0. The van der Waals surface area contributed by atoms with Crippen molar-refractivity contribution in [1.82, 2.24) is 15.2 Å². The highest BCUT2D eigenvalue weighted by atomic mass is 19.1. The van der Waals surface area contributed by atoms with Crippen molar-refractivity contribution in [3.63, 3.8) is 0 Å². The molecule has 2 aliphatic rings. The van der Waals surface area contributed by atoms with E-state index in [0.717, 1.165) is 45.3 Å². The van der Waals surface area contributed by atoms with E-state index in [0.29, 0.717) is 31.1 Å². The number of halogens is 1. The quantitative estimate of drug-likeness (QED) is 0.215. The number of ether oxygens (including phenoxy) is 3. The Morgan fingerprint density at radius 2 is 2.17 bits per heavy atom. The second kappa shape index (κ2) is 15.0. The van der Waals surface area contributed by atoms with E-state index < -0.39 is 12.2 Å². The lowest BCUT2D eigenvalue weighted by Crippen LogP contribution is -2.51. The number of piperidine rings is 1. The fourth-order valence-corrected chi connectivity index (χ4v) is 5.06. The molecular formula is C26H41FN4O5. The molecule has 36 heavy (non-hydrogen) atoms. The van der Waals surface area contributed by atoms with Crippen molar-refractivity contribution >= 4 is 12.1 Å². The minimum Gasteiger partial charge on any atom is -0.453 e. The minimum atomic E-state index is -0.537. The van der Waals surface area contributed by atoms with E-state index in [1.54, 1.807) is 11.0 Å². The summed E-state index contributed by atoms with van der Waals surface area (Å²) in [7, 11) is 1.30. The first kappa shape index (κ1) is 28.1. The molecule has 0 spiro atoms. The van der Waals surface area contributed by atoms with Gasteiger partial charge in [-0.2, -0.15) is 0 Å². The van der Waals surface area contributed by atoms with Crippen LogP contribution in [0.15, 0.2) is 24.3 Å². The van der Waals surface area contributed by atoms with Crippen LogP contribution in [0.25, 0.3) is 0 Å². The lowest BCUT2D eigenvalue weighted by Gasteiger charge is -2.38. The number of nitrogens with two attached hydrogens (primary N) is 1. The van der Waals surface area contributed by atoms with Gasteiger partial charge in [-0.25, -0.2) is 19.8 Å². The second-order valence-electron chi connectivity index (χ2n) is 9.67. The van der Waals surface area contributed by atoms with Gasteiger partial charge in [0.05, 0.1) is 19.8 Å². The first-order chi connectivity index (χ1) is 17.5. The standard InChI is InChI=1S/C26H41FN4O5/c1-34-25(32)29-12-16-36-24(21-9-4-11-23(27)17-21)22-10-6-13-30(18-22)26(33)31(28)14-5-8-20-7-2-3-15-35-19-20/h4,9,11,17,20,22,24H,2-3,5-8,10,12-16,18-19,28H2,1H3,(H,29,32)/t20?,22?,24-/m0/s1. The molecule has 3 rings (SSSR count). The van der Waals surface area contributed by atoms with Gasteiger partial charge in [0.25, 0.3) is 0 Å². The van der Waals surface area contributed by atoms with E-state index >= 15 is 0 Å². The third-order valence-corrected chi connectivity index (χ3v) is 6.95. The number of benzene rings is 1. The number of hydrogen-bond donors (Lipinski definition) is 2. The molecule has 0 aromatic heterocycles. The lowest BCUT2D eigenvalue weighted by atomic mass is 9.88. The van der Waals surface area contributed by atoms with Crippen LogP contribution in [0.4, 0.5) is 14.0 Å². The number of nitrogens with zero attached hydrogens (tertiary/aromatic N) is 2. The Labute approximate surface area is 213 Å². The van der Waals surface area contributed by atoms with Crippen molar-refractivity contribution in [1.29, 1.82) is 0 Å². The van der Waals surface area contributed by atoms with Gasteiger partial charge in [0.1, 0.15) is 5.82 Å². The van der Waals surface area contributed by atoms with Crippen LogP contribution < -0.4 is 11.2 Å². The van der Waals surface area contributed by atoms with Crippen LogP contribution in [0.2, 0.25) is 0 Å². The molecule has 2 aliphatic heterocycles. The Bertz CT molecular complexity index is 821. The third-order valence-electron chi connectivity index (χ3n) is 6.95. The SMILES string of the molecule is COC(=O)NCCO[C@@H](c1cccc(F)c1)C1CCCN(C(=O)N(N)CCCC2CCCCOC2)C1. The van der Waals surface area contributed by atoms with Crippen LogP contribution in [0.5, 0.6) is 0 Å². The summed E-state index contributed by atoms with van der Waals surface area (Å²) < 4.78 is 30.4. The number of carbonyl (C=O) groups excluding carboxylic acids is 2. The van der Waals surface area contributed by atoms with Gasteiger partial charge >= 0.3 is 12.1 Å². The molecule has 0 aliphatic carbocycles. The second-order valence-corrected chi connectivity index (χ2v) is 9.67. The van der Waals surface area contributed by atoms with Gasteiger partial charge in [-0.3, -0.25) is 5.01 Å². The van der Waals surface area contributed by atoms with Crippen LogP contribution in [-0.4, -0.2) is 75.1 Å². The number of hydrazine groups is 1. The zero-order valence-corrected chi connectivity index (χ0v) is 21.3. The normalized spacial score (nSPS) is 21.4. The van der Waals surface area contributed by atoms with Crippen molar-refractivity contribution in [2.45, 2.75) is 51.0 Å². The smallest absolute Gasteiger partial charge is 0.406 e. The van der Waals surface area contributed by atoms with E-state index in [2.05, 4.69) is 10.1 Å². The molecule has 2 fully saturated rings. The Kier molecular flexibility index (Phi) is 11.7. The van der Waals surface area contributed by atoms with Gasteiger partial charge < -0.3 is 24.4 Å². The molecule has 0 radical (unpaired) electrons. The monoisotopic (exact) mass is 508 g/mol. The highest BCUT2D eigenvalue weighted by Crippen LogP contribution is 2.33. The number of nitrogens with one attached hydrogen (secondary N) is 1. The van der Waals surface area contributed by atoms with Crippen LogP contribution >= 0.6 is 0 Å².